The van der Waals surface area contributed by atoms with E-state index in [1.807, 2.05) is 11.0 Å². The lowest BCUT2D eigenvalue weighted by molar-refractivity contribution is -0.131. The van der Waals surface area contributed by atoms with Gasteiger partial charge in [0.1, 0.15) is 0 Å². The van der Waals surface area contributed by atoms with Crippen LogP contribution in [0.15, 0.2) is 24.3 Å². The lowest BCUT2D eigenvalue weighted by Crippen LogP contribution is -2.38. The molecule has 0 radical (unpaired) electrons. The van der Waals surface area contributed by atoms with E-state index >= 15 is 0 Å². The van der Waals surface area contributed by atoms with Crippen LogP contribution in [0.25, 0.3) is 0 Å². The van der Waals surface area contributed by atoms with Crippen LogP contribution in [0.2, 0.25) is 0 Å². The van der Waals surface area contributed by atoms with Gasteiger partial charge in [-0.3, -0.25) is 14.5 Å². The van der Waals surface area contributed by atoms with Gasteiger partial charge in [-0.15, -0.1) is 11.3 Å². The molecule has 1 atom stereocenters. The molecule has 1 aromatic heterocycles. The van der Waals surface area contributed by atoms with Crippen molar-refractivity contribution in [3.05, 3.63) is 51.9 Å². The van der Waals surface area contributed by atoms with Gasteiger partial charge in [-0.2, -0.15) is 0 Å². The van der Waals surface area contributed by atoms with Crippen molar-refractivity contribution in [1.82, 2.24) is 4.90 Å². The Hall–Kier alpha value is -2.12. The van der Waals surface area contributed by atoms with E-state index in [0.717, 1.165) is 41.8 Å². The number of benzene rings is 1. The van der Waals surface area contributed by atoms with Crippen molar-refractivity contribution in [2.24, 2.45) is 5.92 Å². The summed E-state index contributed by atoms with van der Waals surface area (Å²) in [6, 6.07) is 4.95. The number of ether oxygens (including phenoxy) is 1. The molecule has 27 heavy (non-hydrogen) atoms. The summed E-state index contributed by atoms with van der Waals surface area (Å²) < 4.78 is 32.3. The number of fused-ring (bicyclic) bond motifs is 1. The maximum atomic E-state index is 13.8. The Balaban J connectivity index is 1.62. The van der Waals surface area contributed by atoms with Gasteiger partial charge in [0.25, 0.3) is 0 Å². The third-order valence-corrected chi connectivity index (χ3v) is 6.11. The van der Waals surface area contributed by atoms with Gasteiger partial charge in [0.05, 0.1) is 6.04 Å². The van der Waals surface area contributed by atoms with E-state index < -0.39 is 17.7 Å². The Morgan fingerprint density at radius 3 is 2.67 bits per heavy atom. The molecule has 1 aliphatic heterocycles. The molecule has 2 aliphatic rings. The second-order valence-electron chi connectivity index (χ2n) is 7.08. The Labute approximate surface area is 159 Å². The number of nitrogens with zero attached hydrogens (tertiary/aromatic N) is 1. The zero-order valence-electron chi connectivity index (χ0n) is 14.8. The van der Waals surface area contributed by atoms with Gasteiger partial charge < -0.3 is 4.74 Å². The highest BCUT2D eigenvalue weighted by Gasteiger charge is 2.39. The van der Waals surface area contributed by atoms with E-state index in [1.165, 1.54) is 24.3 Å². The minimum atomic E-state index is -0.938. The number of carbonyl (C=O) groups is 2. The van der Waals surface area contributed by atoms with E-state index in [4.69, 9.17) is 4.74 Å². The van der Waals surface area contributed by atoms with Crippen LogP contribution >= 0.6 is 11.3 Å². The van der Waals surface area contributed by atoms with Crippen molar-refractivity contribution in [2.45, 2.75) is 38.8 Å². The number of Topliss-reactive ketones (excluding diaryl/α,β-unsaturated/α-hetero) is 1. The number of esters is 1. The fourth-order valence-corrected chi connectivity index (χ4v) is 4.62. The van der Waals surface area contributed by atoms with Crippen LogP contribution in [0, 0.1) is 17.6 Å². The fraction of sp³-hybridized carbons (Fsp3) is 0.400. The van der Waals surface area contributed by atoms with Crippen molar-refractivity contribution in [3.8, 4) is 5.06 Å². The van der Waals surface area contributed by atoms with Crippen molar-refractivity contribution in [1.29, 1.82) is 0 Å². The van der Waals surface area contributed by atoms with E-state index in [9.17, 15) is 18.4 Å². The first kappa shape index (κ1) is 18.3. The number of carbonyl (C=O) groups excluding carboxylic acids is 2. The summed E-state index contributed by atoms with van der Waals surface area (Å²) in [4.78, 5) is 27.3. The van der Waals surface area contributed by atoms with Gasteiger partial charge in [0.2, 0.25) is 0 Å². The van der Waals surface area contributed by atoms with Crippen LogP contribution in [0.3, 0.4) is 0 Å². The molecule has 1 aromatic carbocycles. The average Bonchev–Trinajstić information content (AvgIpc) is 3.38. The van der Waals surface area contributed by atoms with Crippen LogP contribution in [-0.2, 0) is 22.6 Å². The standard InChI is InChI=1S/C20H19F2NO3S/c1-11(24)26-18-9-14-10-23(7-6-17(14)27-18)19(20(25)12-2-3-12)13-4-5-15(21)16(22)8-13/h4-5,8-9,12,19H,2-3,6-7,10H2,1H3. The molecule has 2 heterocycles. The van der Waals surface area contributed by atoms with E-state index in [0.29, 0.717) is 23.7 Å². The van der Waals surface area contributed by atoms with Crippen molar-refractivity contribution < 1.29 is 23.1 Å². The maximum absolute atomic E-state index is 13.8. The molecule has 4 nitrogen and oxygen atoms in total. The lowest BCUT2D eigenvalue weighted by atomic mass is 9.95. The molecule has 2 aromatic rings. The van der Waals surface area contributed by atoms with Gasteiger partial charge in [0, 0.05) is 30.8 Å². The van der Waals surface area contributed by atoms with Crippen LogP contribution in [0.5, 0.6) is 5.06 Å². The van der Waals surface area contributed by atoms with Crippen LogP contribution in [-0.4, -0.2) is 23.2 Å². The zero-order chi connectivity index (χ0) is 19.1. The molecule has 0 amide bonds. The minimum absolute atomic E-state index is 0.00333. The van der Waals surface area contributed by atoms with Crippen LogP contribution < -0.4 is 4.74 Å². The van der Waals surface area contributed by atoms with Gasteiger partial charge in [-0.1, -0.05) is 6.07 Å². The Morgan fingerprint density at radius 1 is 1.22 bits per heavy atom. The van der Waals surface area contributed by atoms with E-state index in [1.54, 1.807) is 0 Å². The molecule has 0 spiro atoms. The summed E-state index contributed by atoms with van der Waals surface area (Å²) in [5.74, 6) is -2.15. The van der Waals surface area contributed by atoms with Gasteiger partial charge in [-0.05, 0) is 48.6 Å². The molecule has 7 heteroatoms. The fourth-order valence-electron chi connectivity index (χ4n) is 3.57. The molecule has 1 unspecified atom stereocenters. The predicted octanol–water partition coefficient (Wildman–Crippen LogP) is 4.03. The van der Waals surface area contributed by atoms with Crippen LogP contribution in [0.4, 0.5) is 8.78 Å². The monoisotopic (exact) mass is 391 g/mol. The third-order valence-electron chi connectivity index (χ3n) is 4.99. The van der Waals surface area contributed by atoms with E-state index in [2.05, 4.69) is 0 Å². The second kappa shape index (κ2) is 7.13. The zero-order valence-corrected chi connectivity index (χ0v) is 15.7. The van der Waals surface area contributed by atoms with Gasteiger partial charge in [0.15, 0.2) is 22.5 Å². The Bertz CT molecular complexity index is 907. The number of ketones is 1. The first-order chi connectivity index (χ1) is 12.9. The second-order valence-corrected chi connectivity index (χ2v) is 8.18. The summed E-state index contributed by atoms with van der Waals surface area (Å²) in [5, 5.41) is 0.548. The number of hydrogen-bond acceptors (Lipinski definition) is 5. The highest BCUT2D eigenvalue weighted by atomic mass is 32.1. The first-order valence-electron chi connectivity index (χ1n) is 8.95. The summed E-state index contributed by atoms with van der Waals surface area (Å²) in [7, 11) is 0. The van der Waals surface area contributed by atoms with Gasteiger partial charge in [-0.25, -0.2) is 8.78 Å². The molecular formula is C20H19F2NO3S. The molecule has 0 saturated heterocycles. The lowest BCUT2D eigenvalue weighted by Gasteiger charge is -2.34. The number of rotatable bonds is 5. The highest BCUT2D eigenvalue weighted by molar-refractivity contribution is 7.14. The summed E-state index contributed by atoms with van der Waals surface area (Å²) in [5.41, 5.74) is 1.50. The van der Waals surface area contributed by atoms with Crippen molar-refractivity contribution >= 4 is 23.1 Å². The first-order valence-corrected chi connectivity index (χ1v) is 9.76. The highest BCUT2D eigenvalue weighted by Crippen LogP contribution is 2.41. The smallest absolute Gasteiger partial charge is 0.308 e. The molecule has 1 saturated carbocycles. The number of hydrogen-bond donors (Lipinski definition) is 0. The summed E-state index contributed by atoms with van der Waals surface area (Å²) in [6.45, 7) is 2.50. The average molecular weight is 391 g/mol. The predicted molar refractivity (Wildman–Crippen MR) is 96.6 cm³/mol. The molecule has 0 bridgehead atoms. The minimum Gasteiger partial charge on any atom is -0.416 e. The number of thiophene rings is 1. The molecule has 1 fully saturated rings. The maximum Gasteiger partial charge on any atom is 0.308 e. The largest absolute Gasteiger partial charge is 0.416 e. The van der Waals surface area contributed by atoms with Crippen LogP contribution in [0.1, 0.15) is 41.8 Å². The SMILES string of the molecule is CC(=O)Oc1cc2c(s1)CCN(C(C(=O)C1CC1)c1ccc(F)c(F)c1)C2. The molecule has 142 valence electrons. The molecule has 0 N–H and O–H groups in total. The topological polar surface area (TPSA) is 46.6 Å². The Morgan fingerprint density at radius 2 is 2.00 bits per heavy atom. The molecule has 4 rings (SSSR count). The molecular weight excluding hydrogens is 372 g/mol. The summed E-state index contributed by atoms with van der Waals surface area (Å²) >= 11 is 1.44. The normalized spacial score (nSPS) is 18.0. The van der Waals surface area contributed by atoms with Gasteiger partial charge >= 0.3 is 5.97 Å². The third kappa shape index (κ3) is 3.80. The van der Waals surface area contributed by atoms with Crippen molar-refractivity contribution in [3.63, 3.8) is 0 Å². The quantitative estimate of drug-likeness (QED) is 0.722. The van der Waals surface area contributed by atoms with E-state index in [-0.39, 0.29) is 17.7 Å². The number of halogens is 2. The summed E-state index contributed by atoms with van der Waals surface area (Å²) in [6.07, 6.45) is 2.43. The Kier molecular flexibility index (Phi) is 4.82. The van der Waals surface area contributed by atoms with Crippen molar-refractivity contribution in [2.75, 3.05) is 6.54 Å². The molecule has 1 aliphatic carbocycles.